The zero-order chi connectivity index (χ0) is 22.0. The van der Waals surface area contributed by atoms with E-state index < -0.39 is 10.0 Å². The molecule has 160 valence electrons. The predicted octanol–water partition coefficient (Wildman–Crippen LogP) is 2.97. The van der Waals surface area contributed by atoms with Crippen LogP contribution >= 0.6 is 0 Å². The summed E-state index contributed by atoms with van der Waals surface area (Å²) in [5.74, 6) is 7.28. The first-order valence-electron chi connectivity index (χ1n) is 10.4. The van der Waals surface area contributed by atoms with Crippen molar-refractivity contribution in [2.45, 2.75) is 26.2 Å². The largest absolute Gasteiger partial charge is 0.268 e. The summed E-state index contributed by atoms with van der Waals surface area (Å²) in [6.45, 7) is 2.95. The van der Waals surface area contributed by atoms with E-state index >= 15 is 0 Å². The summed E-state index contributed by atoms with van der Waals surface area (Å²) in [5.41, 5.74) is 1.97. The molecule has 1 aliphatic rings. The summed E-state index contributed by atoms with van der Waals surface area (Å²) in [4.78, 5) is 18.3. The summed E-state index contributed by atoms with van der Waals surface area (Å²) in [6.07, 6.45) is 3.26. The number of rotatable bonds is 3. The van der Waals surface area contributed by atoms with Crippen LogP contribution in [0, 0.1) is 17.8 Å². The van der Waals surface area contributed by atoms with Gasteiger partial charge in [0.05, 0.1) is 22.8 Å². The summed E-state index contributed by atoms with van der Waals surface area (Å²) in [7, 11) is -3.16. The third kappa shape index (κ3) is 4.41. The Morgan fingerprint density at radius 2 is 1.77 bits per heavy atom. The van der Waals surface area contributed by atoms with E-state index in [9.17, 15) is 13.2 Å². The molecule has 0 saturated carbocycles. The van der Waals surface area contributed by atoms with E-state index in [0.717, 1.165) is 5.69 Å². The minimum absolute atomic E-state index is 0.104. The van der Waals surface area contributed by atoms with Crippen molar-refractivity contribution in [3.05, 3.63) is 70.3 Å². The number of sulfonamides is 1. The Morgan fingerprint density at radius 1 is 1.06 bits per heavy atom. The maximum Gasteiger partial charge on any atom is 0.267 e. The fourth-order valence-corrected chi connectivity index (χ4v) is 4.85. The molecule has 0 unspecified atom stereocenters. The molecule has 0 spiro atoms. The zero-order valence-corrected chi connectivity index (χ0v) is 18.5. The van der Waals surface area contributed by atoms with Crippen molar-refractivity contribution in [2.24, 2.45) is 5.92 Å². The number of hydrogen-bond donors (Lipinski definition) is 0. The van der Waals surface area contributed by atoms with Gasteiger partial charge in [-0.05, 0) is 37.1 Å². The van der Waals surface area contributed by atoms with Crippen LogP contribution in [0.1, 0.15) is 31.2 Å². The van der Waals surface area contributed by atoms with Crippen molar-refractivity contribution in [2.75, 3.05) is 19.3 Å². The van der Waals surface area contributed by atoms with Gasteiger partial charge in [-0.1, -0.05) is 43.0 Å². The first-order valence-corrected chi connectivity index (χ1v) is 12.3. The van der Waals surface area contributed by atoms with E-state index in [0.29, 0.717) is 54.6 Å². The molecular weight excluding hydrogens is 410 g/mol. The fraction of sp³-hybridized carbons (Fsp3) is 0.333. The van der Waals surface area contributed by atoms with E-state index in [-0.39, 0.29) is 11.5 Å². The third-order valence-electron chi connectivity index (χ3n) is 5.63. The van der Waals surface area contributed by atoms with E-state index in [1.807, 2.05) is 55.5 Å². The molecule has 1 saturated heterocycles. The van der Waals surface area contributed by atoms with Crippen LogP contribution in [0.3, 0.4) is 0 Å². The molecule has 0 atom stereocenters. The van der Waals surface area contributed by atoms with Gasteiger partial charge in [0.25, 0.3) is 5.56 Å². The highest BCUT2D eigenvalue weighted by molar-refractivity contribution is 7.88. The number of aryl methyl sites for hydroxylation is 1. The van der Waals surface area contributed by atoms with Crippen molar-refractivity contribution in [3.8, 4) is 17.5 Å². The van der Waals surface area contributed by atoms with Gasteiger partial charge in [-0.25, -0.2) is 17.7 Å². The number of benzene rings is 2. The van der Waals surface area contributed by atoms with Crippen LogP contribution in [0.2, 0.25) is 0 Å². The highest BCUT2D eigenvalue weighted by Crippen LogP contribution is 2.20. The molecule has 3 aromatic rings. The Bertz CT molecular complexity index is 1330. The smallest absolute Gasteiger partial charge is 0.267 e. The van der Waals surface area contributed by atoms with Crippen molar-refractivity contribution < 1.29 is 8.42 Å². The lowest BCUT2D eigenvalue weighted by Gasteiger charge is -2.27. The summed E-state index contributed by atoms with van der Waals surface area (Å²) < 4.78 is 26.6. The quantitative estimate of drug-likeness (QED) is 0.593. The van der Waals surface area contributed by atoms with Crippen LogP contribution in [0.5, 0.6) is 0 Å². The molecule has 2 aromatic carbocycles. The van der Waals surface area contributed by atoms with Crippen LogP contribution in [0.15, 0.2) is 53.3 Å². The molecule has 0 bridgehead atoms. The molecule has 31 heavy (non-hydrogen) atoms. The van der Waals surface area contributed by atoms with E-state index in [1.54, 1.807) is 4.57 Å². The molecule has 0 N–H and O–H groups in total. The number of aromatic nitrogens is 2. The molecule has 0 radical (unpaired) electrons. The van der Waals surface area contributed by atoms with Crippen LogP contribution in [0.25, 0.3) is 16.6 Å². The number of nitrogens with zero attached hydrogens (tertiary/aromatic N) is 3. The molecule has 1 fully saturated rings. The molecule has 4 rings (SSSR count). The van der Waals surface area contributed by atoms with Crippen LogP contribution in [0.4, 0.5) is 0 Å². The molecule has 7 heteroatoms. The lowest BCUT2D eigenvalue weighted by atomic mass is 9.98. The topological polar surface area (TPSA) is 72.3 Å². The maximum absolute atomic E-state index is 13.5. The number of piperidine rings is 1. The summed E-state index contributed by atoms with van der Waals surface area (Å²) in [6, 6.07) is 15.1. The summed E-state index contributed by atoms with van der Waals surface area (Å²) in [5, 5.41) is 0.518. The molecule has 0 amide bonds. The van der Waals surface area contributed by atoms with Gasteiger partial charge in [-0.3, -0.25) is 9.36 Å². The third-order valence-corrected chi connectivity index (χ3v) is 6.93. The van der Waals surface area contributed by atoms with Gasteiger partial charge in [-0.2, -0.15) is 0 Å². The Balaban J connectivity index is 1.74. The first-order chi connectivity index (χ1) is 14.9. The van der Waals surface area contributed by atoms with Crippen LogP contribution in [-0.2, 0) is 16.4 Å². The number of hydrogen-bond acceptors (Lipinski definition) is 4. The molecule has 1 aliphatic heterocycles. The average molecular weight is 436 g/mol. The molecule has 6 nitrogen and oxygen atoms in total. The van der Waals surface area contributed by atoms with Crippen LogP contribution < -0.4 is 5.56 Å². The lowest BCUT2D eigenvalue weighted by molar-refractivity contribution is 0.313. The second-order valence-electron chi connectivity index (χ2n) is 7.76. The molecule has 0 aliphatic carbocycles. The van der Waals surface area contributed by atoms with Gasteiger partial charge in [-0.15, -0.1) is 0 Å². The zero-order valence-electron chi connectivity index (χ0n) is 17.7. The van der Waals surface area contributed by atoms with E-state index in [1.165, 1.54) is 10.6 Å². The molecule has 2 heterocycles. The predicted molar refractivity (Wildman–Crippen MR) is 123 cm³/mol. The minimum atomic E-state index is -3.16. The monoisotopic (exact) mass is 435 g/mol. The van der Waals surface area contributed by atoms with Crippen molar-refractivity contribution in [3.63, 3.8) is 0 Å². The van der Waals surface area contributed by atoms with Gasteiger partial charge in [0.2, 0.25) is 10.0 Å². The Kier molecular flexibility index (Phi) is 5.94. The van der Waals surface area contributed by atoms with Crippen LogP contribution in [-0.4, -0.2) is 41.6 Å². The van der Waals surface area contributed by atoms with Crippen molar-refractivity contribution >= 4 is 20.9 Å². The second-order valence-corrected chi connectivity index (χ2v) is 9.75. The Morgan fingerprint density at radius 3 is 2.42 bits per heavy atom. The Labute approximate surface area is 182 Å². The van der Waals surface area contributed by atoms with Crippen molar-refractivity contribution in [1.29, 1.82) is 0 Å². The molecule has 1 aromatic heterocycles. The molecular formula is C24H25N3O3S. The maximum atomic E-state index is 13.5. The van der Waals surface area contributed by atoms with E-state index in [4.69, 9.17) is 4.98 Å². The van der Waals surface area contributed by atoms with Gasteiger partial charge >= 0.3 is 0 Å². The van der Waals surface area contributed by atoms with Gasteiger partial charge in [0.15, 0.2) is 0 Å². The normalized spacial score (nSPS) is 15.5. The van der Waals surface area contributed by atoms with Gasteiger partial charge in [0.1, 0.15) is 5.82 Å². The Hall–Kier alpha value is -2.95. The number of fused-ring (bicyclic) bond motifs is 1. The number of para-hydroxylation sites is 1. The summed E-state index contributed by atoms with van der Waals surface area (Å²) >= 11 is 0. The average Bonchev–Trinajstić information content (AvgIpc) is 2.77. The SMILES string of the molecule is CCc1nc2cccc(C#CC3CCN(S(C)(=O)=O)CC3)c2c(=O)n1-c1ccccc1. The lowest BCUT2D eigenvalue weighted by Crippen LogP contribution is -2.37. The van der Waals surface area contributed by atoms with Gasteiger partial charge in [0, 0.05) is 31.0 Å². The highest BCUT2D eigenvalue weighted by Gasteiger charge is 2.23. The van der Waals surface area contributed by atoms with Gasteiger partial charge < -0.3 is 0 Å². The fourth-order valence-electron chi connectivity index (χ4n) is 3.97. The second kappa shape index (κ2) is 8.66. The highest BCUT2D eigenvalue weighted by atomic mass is 32.2. The first kappa shape index (κ1) is 21.3. The van der Waals surface area contributed by atoms with E-state index in [2.05, 4.69) is 11.8 Å². The van der Waals surface area contributed by atoms with Crippen molar-refractivity contribution in [1.82, 2.24) is 13.9 Å². The minimum Gasteiger partial charge on any atom is -0.268 e. The standard InChI is InChI=1S/C24H25N3O3S/c1-3-22-25-21-11-7-8-19(13-12-18-14-16-26(17-15-18)31(2,29)30)23(21)24(28)27(22)20-9-5-4-6-10-20/h4-11,18H,3,14-17H2,1-2H3.